The van der Waals surface area contributed by atoms with Gasteiger partial charge in [0.2, 0.25) is 0 Å². The molecule has 2 heterocycles. The molecule has 1 unspecified atom stereocenters. The fourth-order valence-electron chi connectivity index (χ4n) is 1.36. The molecule has 0 radical (unpaired) electrons. The highest BCUT2D eigenvalue weighted by Gasteiger charge is 2.06. The first-order chi connectivity index (χ1) is 7.66. The van der Waals surface area contributed by atoms with Crippen LogP contribution in [0.2, 0.25) is 0 Å². The number of nitrogens with two attached hydrogens (primary N) is 1. The molecule has 0 aliphatic heterocycles. The number of nitrogens with zero attached hydrogens (tertiary/aromatic N) is 6. The van der Waals surface area contributed by atoms with E-state index in [0.29, 0.717) is 5.65 Å². The highest BCUT2D eigenvalue weighted by atomic mass is 15.6. The van der Waals surface area contributed by atoms with E-state index in [2.05, 4.69) is 20.6 Å². The molecule has 7 heteroatoms. The molecule has 0 fully saturated rings. The predicted molar refractivity (Wildman–Crippen MR) is 60.1 cm³/mol. The van der Waals surface area contributed by atoms with Gasteiger partial charge in [-0.2, -0.15) is 0 Å². The highest BCUT2D eigenvalue weighted by Crippen LogP contribution is 2.08. The third-order valence-electron chi connectivity index (χ3n) is 2.37. The van der Waals surface area contributed by atoms with Gasteiger partial charge < -0.3 is 10.6 Å². The van der Waals surface area contributed by atoms with E-state index >= 15 is 0 Å². The Balaban J connectivity index is 2.12. The van der Waals surface area contributed by atoms with Crippen LogP contribution in [0.4, 0.5) is 5.82 Å². The SMILES string of the molecule is CC(N)CCN(C)c1ccc2nnnn2n1. The second kappa shape index (κ2) is 4.40. The molecule has 2 aromatic rings. The van der Waals surface area contributed by atoms with Crippen molar-refractivity contribution >= 4 is 11.5 Å². The smallest absolute Gasteiger partial charge is 0.200 e. The molecule has 0 aromatic carbocycles. The van der Waals surface area contributed by atoms with E-state index in [1.54, 1.807) is 0 Å². The maximum atomic E-state index is 5.71. The summed E-state index contributed by atoms with van der Waals surface area (Å²) >= 11 is 0. The Labute approximate surface area is 93.2 Å². The monoisotopic (exact) mass is 221 g/mol. The average molecular weight is 221 g/mol. The van der Waals surface area contributed by atoms with Gasteiger partial charge in [0.05, 0.1) is 0 Å². The minimum atomic E-state index is 0.194. The molecule has 0 saturated heterocycles. The Morgan fingerprint density at radius 1 is 1.50 bits per heavy atom. The minimum absolute atomic E-state index is 0.194. The largest absolute Gasteiger partial charge is 0.358 e. The van der Waals surface area contributed by atoms with Crippen molar-refractivity contribution in [2.75, 3.05) is 18.5 Å². The van der Waals surface area contributed by atoms with Crippen LogP contribution in [-0.2, 0) is 0 Å². The van der Waals surface area contributed by atoms with Crippen molar-refractivity contribution in [3.05, 3.63) is 12.1 Å². The van der Waals surface area contributed by atoms with Crippen LogP contribution in [0.25, 0.3) is 5.65 Å². The molecule has 16 heavy (non-hydrogen) atoms. The zero-order valence-electron chi connectivity index (χ0n) is 9.41. The lowest BCUT2D eigenvalue weighted by Crippen LogP contribution is -2.26. The molecule has 0 saturated carbocycles. The minimum Gasteiger partial charge on any atom is -0.358 e. The van der Waals surface area contributed by atoms with Crippen molar-refractivity contribution in [1.82, 2.24) is 25.3 Å². The fraction of sp³-hybridized carbons (Fsp3) is 0.556. The summed E-state index contributed by atoms with van der Waals surface area (Å²) in [5.41, 5.74) is 6.35. The number of rotatable bonds is 4. The van der Waals surface area contributed by atoms with Crippen molar-refractivity contribution in [1.29, 1.82) is 0 Å². The summed E-state index contributed by atoms with van der Waals surface area (Å²) in [5, 5.41) is 15.4. The van der Waals surface area contributed by atoms with E-state index in [4.69, 9.17) is 5.73 Å². The summed E-state index contributed by atoms with van der Waals surface area (Å²) in [7, 11) is 1.97. The topological polar surface area (TPSA) is 85.2 Å². The lowest BCUT2D eigenvalue weighted by molar-refractivity contribution is 0.648. The molecule has 1 atom stereocenters. The molecular formula is C9H15N7. The van der Waals surface area contributed by atoms with Gasteiger partial charge in [0, 0.05) is 19.6 Å². The lowest BCUT2D eigenvalue weighted by atomic mass is 10.2. The quantitative estimate of drug-likeness (QED) is 0.762. The van der Waals surface area contributed by atoms with Gasteiger partial charge in [-0.1, -0.05) is 0 Å². The number of fused-ring (bicyclic) bond motifs is 1. The Bertz CT molecular complexity index is 464. The van der Waals surface area contributed by atoms with Crippen LogP contribution < -0.4 is 10.6 Å². The van der Waals surface area contributed by atoms with Crippen molar-refractivity contribution in [3.8, 4) is 0 Å². The van der Waals surface area contributed by atoms with Gasteiger partial charge in [0.15, 0.2) is 11.5 Å². The zero-order valence-corrected chi connectivity index (χ0v) is 9.41. The van der Waals surface area contributed by atoms with Gasteiger partial charge in [0.1, 0.15) is 0 Å². The average Bonchev–Trinajstić information content (AvgIpc) is 2.72. The highest BCUT2D eigenvalue weighted by molar-refractivity contribution is 5.43. The van der Waals surface area contributed by atoms with Crippen LogP contribution in [0.5, 0.6) is 0 Å². The van der Waals surface area contributed by atoms with Gasteiger partial charge in [-0.25, -0.2) is 0 Å². The van der Waals surface area contributed by atoms with Crippen LogP contribution >= 0.6 is 0 Å². The molecule has 0 aliphatic rings. The van der Waals surface area contributed by atoms with Gasteiger partial charge in [-0.3, -0.25) is 0 Å². The van der Waals surface area contributed by atoms with Gasteiger partial charge >= 0.3 is 0 Å². The van der Waals surface area contributed by atoms with Crippen LogP contribution in [0.15, 0.2) is 12.1 Å². The summed E-state index contributed by atoms with van der Waals surface area (Å²) in [6.45, 7) is 2.85. The number of hydrogen-bond donors (Lipinski definition) is 1. The third-order valence-corrected chi connectivity index (χ3v) is 2.37. The van der Waals surface area contributed by atoms with Crippen LogP contribution in [0.1, 0.15) is 13.3 Å². The van der Waals surface area contributed by atoms with Crippen molar-refractivity contribution < 1.29 is 0 Å². The number of aromatic nitrogens is 5. The molecule has 2 N–H and O–H groups in total. The maximum Gasteiger partial charge on any atom is 0.200 e. The third kappa shape index (κ3) is 2.25. The van der Waals surface area contributed by atoms with Crippen LogP contribution in [0.3, 0.4) is 0 Å². The van der Waals surface area contributed by atoms with Crippen LogP contribution in [0, 0.1) is 0 Å². The van der Waals surface area contributed by atoms with E-state index in [1.807, 2.05) is 31.0 Å². The van der Waals surface area contributed by atoms with E-state index in [1.165, 1.54) is 4.63 Å². The molecule has 7 nitrogen and oxygen atoms in total. The summed E-state index contributed by atoms with van der Waals surface area (Å²) in [4.78, 5) is 2.03. The molecule has 2 rings (SSSR count). The van der Waals surface area contributed by atoms with Crippen molar-refractivity contribution in [2.24, 2.45) is 5.73 Å². The molecule has 0 aliphatic carbocycles. The van der Waals surface area contributed by atoms with E-state index in [9.17, 15) is 0 Å². The Kier molecular flexibility index (Phi) is 2.95. The summed E-state index contributed by atoms with van der Waals surface area (Å²) < 4.78 is 1.41. The standard InChI is InChI=1S/C9H15N7/c1-7(10)5-6-15(2)9-4-3-8-11-13-14-16(8)12-9/h3-4,7H,5-6,10H2,1-2H3. The van der Waals surface area contributed by atoms with Crippen LogP contribution in [-0.4, -0.2) is 44.9 Å². The van der Waals surface area contributed by atoms with E-state index in [-0.39, 0.29) is 6.04 Å². The second-order valence-electron chi connectivity index (χ2n) is 3.91. The Morgan fingerprint density at radius 2 is 2.31 bits per heavy atom. The molecule has 0 spiro atoms. The molecule has 0 bridgehead atoms. The first-order valence-electron chi connectivity index (χ1n) is 5.19. The van der Waals surface area contributed by atoms with Crippen molar-refractivity contribution in [2.45, 2.75) is 19.4 Å². The zero-order chi connectivity index (χ0) is 11.5. The van der Waals surface area contributed by atoms with E-state index < -0.39 is 0 Å². The normalized spacial score (nSPS) is 12.9. The number of hydrogen-bond acceptors (Lipinski definition) is 6. The molecule has 86 valence electrons. The van der Waals surface area contributed by atoms with Crippen molar-refractivity contribution in [3.63, 3.8) is 0 Å². The predicted octanol–water partition coefficient (Wildman–Crippen LogP) is -0.307. The number of anilines is 1. The number of tetrazole rings is 1. The second-order valence-corrected chi connectivity index (χ2v) is 3.91. The first kappa shape index (κ1) is 10.7. The lowest BCUT2D eigenvalue weighted by Gasteiger charge is -2.18. The fourth-order valence-corrected chi connectivity index (χ4v) is 1.36. The molecular weight excluding hydrogens is 206 g/mol. The maximum absolute atomic E-state index is 5.71. The summed E-state index contributed by atoms with van der Waals surface area (Å²) in [5.74, 6) is 0.834. The Hall–Kier alpha value is -1.76. The summed E-state index contributed by atoms with van der Waals surface area (Å²) in [6, 6.07) is 3.93. The molecule has 0 amide bonds. The Morgan fingerprint density at radius 3 is 3.06 bits per heavy atom. The van der Waals surface area contributed by atoms with Gasteiger partial charge in [-0.15, -0.1) is 14.8 Å². The van der Waals surface area contributed by atoms with E-state index in [0.717, 1.165) is 18.8 Å². The molecule has 2 aromatic heterocycles. The van der Waals surface area contributed by atoms with Gasteiger partial charge in [-0.05, 0) is 35.9 Å². The van der Waals surface area contributed by atoms with Gasteiger partial charge in [0.25, 0.3) is 0 Å². The first-order valence-corrected chi connectivity index (χ1v) is 5.19. The summed E-state index contributed by atoms with van der Waals surface area (Å²) in [6.07, 6.45) is 0.922.